The molecule has 2 aliphatic rings. The molecule has 106 valence electrons. The number of ether oxygens (including phenoxy) is 1. The summed E-state index contributed by atoms with van der Waals surface area (Å²) in [5, 5.41) is 3.77. The molecular formula is C15H30N2O. The number of nitrogens with zero attached hydrogens (tertiary/aromatic N) is 1. The molecule has 3 heteroatoms. The standard InChI is InChI=1S/C15H30N2O/c1-5-18-9-8-17-10-14(12(2)3)16-11-15(17,4)13-6-7-13/h12-14,16H,5-11H2,1-4H3. The molecule has 1 saturated carbocycles. The Morgan fingerprint density at radius 2 is 2.11 bits per heavy atom. The van der Waals surface area contributed by atoms with Crippen LogP contribution in [-0.2, 0) is 4.74 Å². The first kappa shape index (κ1) is 14.3. The summed E-state index contributed by atoms with van der Waals surface area (Å²) in [6.07, 6.45) is 2.82. The van der Waals surface area contributed by atoms with E-state index < -0.39 is 0 Å². The van der Waals surface area contributed by atoms with Crippen LogP contribution in [0.4, 0.5) is 0 Å². The van der Waals surface area contributed by atoms with E-state index in [0.29, 0.717) is 17.5 Å². The summed E-state index contributed by atoms with van der Waals surface area (Å²) in [6, 6.07) is 0.637. The Balaban J connectivity index is 1.96. The van der Waals surface area contributed by atoms with E-state index in [2.05, 4.69) is 37.9 Å². The van der Waals surface area contributed by atoms with Crippen molar-refractivity contribution in [2.24, 2.45) is 11.8 Å². The maximum atomic E-state index is 5.56. The predicted molar refractivity (Wildman–Crippen MR) is 75.8 cm³/mol. The van der Waals surface area contributed by atoms with Gasteiger partial charge in [-0.1, -0.05) is 13.8 Å². The largest absolute Gasteiger partial charge is 0.380 e. The van der Waals surface area contributed by atoms with Gasteiger partial charge in [-0.15, -0.1) is 0 Å². The van der Waals surface area contributed by atoms with E-state index in [9.17, 15) is 0 Å². The number of rotatable bonds is 6. The maximum absolute atomic E-state index is 5.56. The molecule has 0 aromatic carbocycles. The van der Waals surface area contributed by atoms with Crippen molar-refractivity contribution in [3.05, 3.63) is 0 Å². The van der Waals surface area contributed by atoms with Crippen LogP contribution in [0, 0.1) is 11.8 Å². The van der Waals surface area contributed by atoms with Crippen molar-refractivity contribution < 1.29 is 4.74 Å². The van der Waals surface area contributed by atoms with Crippen molar-refractivity contribution in [1.29, 1.82) is 0 Å². The summed E-state index contributed by atoms with van der Waals surface area (Å²) in [6.45, 7) is 14.3. The molecule has 1 aliphatic carbocycles. The van der Waals surface area contributed by atoms with Gasteiger partial charge in [-0.2, -0.15) is 0 Å². The van der Waals surface area contributed by atoms with Crippen molar-refractivity contribution in [2.45, 2.75) is 52.1 Å². The average Bonchev–Trinajstić information content (AvgIpc) is 3.15. The molecule has 0 aromatic rings. The second kappa shape index (κ2) is 5.89. The fraction of sp³-hybridized carbons (Fsp3) is 1.00. The lowest BCUT2D eigenvalue weighted by molar-refractivity contribution is 0.00206. The lowest BCUT2D eigenvalue weighted by Gasteiger charge is -2.49. The molecule has 0 bridgehead atoms. The summed E-state index contributed by atoms with van der Waals surface area (Å²) in [4.78, 5) is 2.70. The predicted octanol–water partition coefficient (Wildman–Crippen LogP) is 2.12. The summed E-state index contributed by atoms with van der Waals surface area (Å²) in [5.74, 6) is 1.61. The Morgan fingerprint density at radius 1 is 1.39 bits per heavy atom. The quantitative estimate of drug-likeness (QED) is 0.735. The molecule has 0 spiro atoms. The molecule has 2 fully saturated rings. The zero-order chi connectivity index (χ0) is 13.2. The van der Waals surface area contributed by atoms with Crippen LogP contribution in [-0.4, -0.2) is 49.3 Å². The van der Waals surface area contributed by atoms with E-state index in [0.717, 1.165) is 32.2 Å². The van der Waals surface area contributed by atoms with Gasteiger partial charge in [-0.05, 0) is 38.5 Å². The molecule has 1 N–H and O–H groups in total. The molecule has 3 nitrogen and oxygen atoms in total. The van der Waals surface area contributed by atoms with Gasteiger partial charge >= 0.3 is 0 Å². The lowest BCUT2D eigenvalue weighted by Crippen LogP contribution is -2.65. The van der Waals surface area contributed by atoms with Crippen molar-refractivity contribution in [2.75, 3.05) is 32.8 Å². The van der Waals surface area contributed by atoms with Gasteiger partial charge in [-0.3, -0.25) is 4.90 Å². The first-order valence-electron chi connectivity index (χ1n) is 7.64. The lowest BCUT2D eigenvalue weighted by atomic mass is 9.87. The van der Waals surface area contributed by atoms with Gasteiger partial charge < -0.3 is 10.1 Å². The molecule has 2 unspecified atom stereocenters. The van der Waals surface area contributed by atoms with Gasteiger partial charge in [0.2, 0.25) is 0 Å². The van der Waals surface area contributed by atoms with Crippen LogP contribution >= 0.6 is 0 Å². The molecule has 0 radical (unpaired) electrons. The number of hydrogen-bond acceptors (Lipinski definition) is 3. The third-order valence-corrected chi connectivity index (χ3v) is 4.83. The summed E-state index contributed by atoms with van der Waals surface area (Å²) in [7, 11) is 0. The van der Waals surface area contributed by atoms with Gasteiger partial charge in [-0.25, -0.2) is 0 Å². The first-order valence-corrected chi connectivity index (χ1v) is 7.64. The van der Waals surface area contributed by atoms with Crippen LogP contribution in [0.3, 0.4) is 0 Å². The summed E-state index contributed by atoms with van der Waals surface area (Å²) < 4.78 is 5.56. The van der Waals surface area contributed by atoms with E-state index in [1.807, 2.05) is 0 Å². The van der Waals surface area contributed by atoms with E-state index in [1.165, 1.54) is 19.4 Å². The first-order chi connectivity index (χ1) is 8.58. The monoisotopic (exact) mass is 254 g/mol. The highest BCUT2D eigenvalue weighted by atomic mass is 16.5. The van der Waals surface area contributed by atoms with Gasteiger partial charge in [0.25, 0.3) is 0 Å². The van der Waals surface area contributed by atoms with Gasteiger partial charge in [0.05, 0.1) is 6.61 Å². The molecule has 1 aliphatic heterocycles. The summed E-state index contributed by atoms with van der Waals surface area (Å²) in [5.41, 5.74) is 0.364. The molecule has 0 aromatic heterocycles. The van der Waals surface area contributed by atoms with Gasteiger partial charge in [0.1, 0.15) is 0 Å². The molecule has 1 saturated heterocycles. The van der Waals surface area contributed by atoms with E-state index in [1.54, 1.807) is 0 Å². The molecule has 0 amide bonds. The third kappa shape index (κ3) is 3.06. The minimum absolute atomic E-state index is 0.364. The Labute approximate surface area is 112 Å². The second-order valence-corrected chi connectivity index (χ2v) is 6.51. The van der Waals surface area contributed by atoms with Crippen LogP contribution in [0.2, 0.25) is 0 Å². The van der Waals surface area contributed by atoms with Gasteiger partial charge in [0, 0.05) is 37.8 Å². The Bertz CT molecular complexity index is 265. The fourth-order valence-electron chi connectivity index (χ4n) is 3.18. The number of hydrogen-bond donors (Lipinski definition) is 1. The molecule has 2 atom stereocenters. The highest BCUT2D eigenvalue weighted by Crippen LogP contribution is 2.44. The Kier molecular flexibility index (Phi) is 4.68. The van der Waals surface area contributed by atoms with E-state index >= 15 is 0 Å². The topological polar surface area (TPSA) is 24.5 Å². The smallest absolute Gasteiger partial charge is 0.0593 e. The molecule has 1 heterocycles. The maximum Gasteiger partial charge on any atom is 0.0593 e. The third-order valence-electron chi connectivity index (χ3n) is 4.83. The van der Waals surface area contributed by atoms with Gasteiger partial charge in [0.15, 0.2) is 0 Å². The Hall–Kier alpha value is -0.120. The highest BCUT2D eigenvalue weighted by molar-refractivity contribution is 5.05. The SMILES string of the molecule is CCOCCN1CC(C(C)C)NCC1(C)C1CC1. The fourth-order valence-corrected chi connectivity index (χ4v) is 3.18. The highest BCUT2D eigenvalue weighted by Gasteiger charge is 2.48. The van der Waals surface area contributed by atoms with E-state index in [4.69, 9.17) is 4.74 Å². The zero-order valence-electron chi connectivity index (χ0n) is 12.5. The Morgan fingerprint density at radius 3 is 2.67 bits per heavy atom. The van der Waals surface area contributed by atoms with Crippen LogP contribution in [0.1, 0.15) is 40.5 Å². The second-order valence-electron chi connectivity index (χ2n) is 6.51. The summed E-state index contributed by atoms with van der Waals surface area (Å²) >= 11 is 0. The normalized spacial score (nSPS) is 34.2. The van der Waals surface area contributed by atoms with Crippen molar-refractivity contribution in [3.8, 4) is 0 Å². The molecule has 18 heavy (non-hydrogen) atoms. The minimum Gasteiger partial charge on any atom is -0.380 e. The minimum atomic E-state index is 0.364. The van der Waals surface area contributed by atoms with Crippen molar-refractivity contribution in [1.82, 2.24) is 10.2 Å². The van der Waals surface area contributed by atoms with Crippen LogP contribution in [0.15, 0.2) is 0 Å². The van der Waals surface area contributed by atoms with Crippen LogP contribution < -0.4 is 5.32 Å². The zero-order valence-corrected chi connectivity index (χ0v) is 12.5. The average molecular weight is 254 g/mol. The van der Waals surface area contributed by atoms with Crippen molar-refractivity contribution >= 4 is 0 Å². The van der Waals surface area contributed by atoms with Crippen molar-refractivity contribution in [3.63, 3.8) is 0 Å². The molecular weight excluding hydrogens is 224 g/mol. The number of nitrogens with one attached hydrogen (secondary N) is 1. The molecule has 2 rings (SSSR count). The van der Waals surface area contributed by atoms with E-state index in [-0.39, 0.29) is 0 Å². The van der Waals surface area contributed by atoms with Crippen LogP contribution in [0.5, 0.6) is 0 Å². The van der Waals surface area contributed by atoms with Crippen LogP contribution in [0.25, 0.3) is 0 Å². The number of piperazine rings is 1.